The molecule has 0 amide bonds. The SMILES string of the molecule is c1ccc(N(c2ccc3c4c(ccc3c2)-c2ccc3cc(N(c5ccccc5)c5ccc6oc7ccccc7c6c5)ccc3c2C42c3ccccc3-c3c2ccc2ccccc32)c2ccc3oc4ccccc4c3c2)cc1. The van der Waals surface area contributed by atoms with Crippen molar-refractivity contribution in [2.24, 2.45) is 0 Å². The molecular weight excluding hydrogens is 937 g/mol. The van der Waals surface area contributed by atoms with Crippen LogP contribution in [-0.2, 0) is 5.41 Å². The van der Waals surface area contributed by atoms with Crippen LogP contribution in [0.25, 0.3) is 98.4 Å². The van der Waals surface area contributed by atoms with Crippen LogP contribution in [0.15, 0.2) is 276 Å². The zero-order valence-electron chi connectivity index (χ0n) is 41.6. The van der Waals surface area contributed by atoms with E-state index < -0.39 is 5.41 Å². The fourth-order valence-corrected chi connectivity index (χ4v) is 13.6. The van der Waals surface area contributed by atoms with Gasteiger partial charge >= 0.3 is 0 Å². The summed E-state index contributed by atoms with van der Waals surface area (Å²) >= 11 is 0. The molecule has 0 aliphatic heterocycles. The van der Waals surface area contributed by atoms with Crippen molar-refractivity contribution >= 4 is 110 Å². The Hall–Kier alpha value is -10.2. The van der Waals surface area contributed by atoms with Gasteiger partial charge in [-0.2, -0.15) is 0 Å². The van der Waals surface area contributed by atoms with Gasteiger partial charge in [0.25, 0.3) is 0 Å². The van der Waals surface area contributed by atoms with Crippen LogP contribution in [0.4, 0.5) is 34.1 Å². The maximum Gasteiger partial charge on any atom is 0.135 e. The third kappa shape index (κ3) is 5.92. The second kappa shape index (κ2) is 15.9. The zero-order chi connectivity index (χ0) is 50.3. The Balaban J connectivity index is 0.902. The molecule has 2 aromatic heterocycles. The minimum atomic E-state index is -0.637. The van der Waals surface area contributed by atoms with Gasteiger partial charge in [0.2, 0.25) is 0 Å². The van der Waals surface area contributed by atoms with Gasteiger partial charge in [0.15, 0.2) is 0 Å². The predicted octanol–water partition coefficient (Wildman–Crippen LogP) is 20.2. The maximum atomic E-state index is 6.32. The van der Waals surface area contributed by atoms with Crippen molar-refractivity contribution in [1.29, 1.82) is 0 Å². The van der Waals surface area contributed by atoms with Crippen LogP contribution < -0.4 is 9.80 Å². The Bertz CT molecular complexity index is 4710. The second-order valence-corrected chi connectivity index (χ2v) is 20.7. The fraction of sp³-hybridized carbons (Fsp3) is 0.0137. The molecule has 0 saturated carbocycles. The quantitative estimate of drug-likeness (QED) is 0.166. The van der Waals surface area contributed by atoms with Crippen molar-refractivity contribution in [2.45, 2.75) is 5.41 Å². The van der Waals surface area contributed by atoms with Gasteiger partial charge in [-0.05, 0) is 174 Å². The molecule has 77 heavy (non-hydrogen) atoms. The van der Waals surface area contributed by atoms with E-state index in [1.807, 2.05) is 24.3 Å². The summed E-state index contributed by atoms with van der Waals surface area (Å²) in [4.78, 5) is 4.76. The maximum absolute atomic E-state index is 6.32. The van der Waals surface area contributed by atoms with Crippen LogP contribution in [-0.4, -0.2) is 0 Å². The van der Waals surface area contributed by atoms with Gasteiger partial charge in [-0.1, -0.05) is 170 Å². The molecule has 0 bridgehead atoms. The van der Waals surface area contributed by atoms with E-state index in [9.17, 15) is 0 Å². The molecule has 4 nitrogen and oxygen atoms in total. The molecule has 0 unspecified atom stereocenters. The van der Waals surface area contributed by atoms with Gasteiger partial charge < -0.3 is 18.6 Å². The number of benzene rings is 13. The molecular formula is C73H44N2O2. The third-order valence-corrected chi connectivity index (χ3v) is 16.8. The second-order valence-electron chi connectivity index (χ2n) is 20.7. The zero-order valence-corrected chi connectivity index (χ0v) is 41.6. The number of nitrogens with zero attached hydrogens (tertiary/aromatic N) is 2. The Morgan fingerprint density at radius 2 is 0.688 bits per heavy atom. The average molecular weight is 981 g/mol. The molecule has 2 aliphatic rings. The highest BCUT2D eigenvalue weighted by Gasteiger charge is 2.53. The van der Waals surface area contributed by atoms with E-state index in [1.54, 1.807) is 0 Å². The number of rotatable bonds is 6. The van der Waals surface area contributed by atoms with Crippen LogP contribution in [0.2, 0.25) is 0 Å². The van der Waals surface area contributed by atoms with Crippen molar-refractivity contribution in [3.05, 3.63) is 289 Å². The highest BCUT2D eigenvalue weighted by Crippen LogP contribution is 2.66. The van der Waals surface area contributed by atoms with Crippen LogP contribution in [0.1, 0.15) is 22.3 Å². The Morgan fingerprint density at radius 3 is 1.26 bits per heavy atom. The van der Waals surface area contributed by atoms with Crippen molar-refractivity contribution in [1.82, 2.24) is 0 Å². The van der Waals surface area contributed by atoms with Gasteiger partial charge in [0.05, 0.1) is 5.41 Å². The molecule has 1 spiro atoms. The first-order valence-electron chi connectivity index (χ1n) is 26.5. The van der Waals surface area contributed by atoms with E-state index >= 15 is 0 Å². The van der Waals surface area contributed by atoms with Crippen molar-refractivity contribution < 1.29 is 8.83 Å². The normalized spacial score (nSPS) is 13.0. The molecule has 15 aromatic rings. The summed E-state index contributed by atoms with van der Waals surface area (Å²) in [6.07, 6.45) is 0. The van der Waals surface area contributed by atoms with Crippen LogP contribution in [0, 0.1) is 0 Å². The Morgan fingerprint density at radius 1 is 0.247 bits per heavy atom. The van der Waals surface area contributed by atoms with Crippen LogP contribution in [0.3, 0.4) is 0 Å². The Labute approximate surface area is 443 Å². The first-order valence-corrected chi connectivity index (χ1v) is 26.5. The molecule has 2 heterocycles. The van der Waals surface area contributed by atoms with E-state index in [-0.39, 0.29) is 0 Å². The number of para-hydroxylation sites is 4. The highest BCUT2D eigenvalue weighted by atomic mass is 16.3. The molecule has 17 rings (SSSR count). The summed E-state index contributed by atoms with van der Waals surface area (Å²) in [5.74, 6) is 0. The molecule has 358 valence electrons. The van der Waals surface area contributed by atoms with Gasteiger partial charge in [0.1, 0.15) is 22.3 Å². The predicted molar refractivity (Wildman–Crippen MR) is 319 cm³/mol. The number of fused-ring (bicyclic) bond motifs is 22. The largest absolute Gasteiger partial charge is 0.456 e. The number of anilines is 6. The summed E-state index contributed by atoms with van der Waals surface area (Å²) in [5, 5.41) is 11.8. The molecule has 0 atom stereocenters. The first-order chi connectivity index (χ1) is 38.2. The first kappa shape index (κ1) is 42.2. The van der Waals surface area contributed by atoms with E-state index in [4.69, 9.17) is 8.83 Å². The van der Waals surface area contributed by atoms with E-state index in [0.717, 1.165) is 78.0 Å². The van der Waals surface area contributed by atoms with Gasteiger partial charge in [-0.15, -0.1) is 0 Å². The molecule has 0 N–H and O–H groups in total. The fourth-order valence-electron chi connectivity index (χ4n) is 13.6. The molecule has 2 aliphatic carbocycles. The number of hydrogen-bond donors (Lipinski definition) is 0. The van der Waals surface area contributed by atoms with Crippen molar-refractivity contribution in [3.63, 3.8) is 0 Å². The lowest BCUT2D eigenvalue weighted by atomic mass is 9.68. The summed E-state index contributed by atoms with van der Waals surface area (Å²) < 4.78 is 12.6. The van der Waals surface area contributed by atoms with Gasteiger partial charge in [0, 0.05) is 55.7 Å². The molecule has 0 fully saturated rings. The summed E-state index contributed by atoms with van der Waals surface area (Å²) in [5.41, 5.74) is 19.8. The standard InChI is InChI=1S/C73H44N2O2/c1-3-16-48(17-4-1)74(52-32-39-68-62(43-52)57-21-10-13-25-66(57)76-68)50-30-36-55-46(41-50)27-34-59-60-35-28-47-42-51(75(49-18-5-2-6-19-49)53-33-40-69-63(44-53)58-22-11-14-26-67(58)77-69)31-37-56(47)72(60)73(71(55)59)64-24-12-9-23-61(64)70-54-20-8-7-15-45(54)29-38-65(70)73/h1-44H. The topological polar surface area (TPSA) is 32.8 Å². The highest BCUT2D eigenvalue weighted by molar-refractivity contribution is 6.14. The minimum absolute atomic E-state index is 0.637. The minimum Gasteiger partial charge on any atom is -0.456 e. The molecule has 13 aromatic carbocycles. The monoisotopic (exact) mass is 980 g/mol. The molecule has 0 saturated heterocycles. The van der Waals surface area contributed by atoms with Crippen molar-refractivity contribution in [3.8, 4) is 22.3 Å². The van der Waals surface area contributed by atoms with E-state index in [2.05, 4.69) is 252 Å². The lowest BCUT2D eigenvalue weighted by Crippen LogP contribution is -2.26. The Kier molecular flexibility index (Phi) is 8.73. The molecule has 4 heteroatoms. The van der Waals surface area contributed by atoms with Crippen molar-refractivity contribution in [2.75, 3.05) is 9.80 Å². The van der Waals surface area contributed by atoms with Crippen LogP contribution in [0.5, 0.6) is 0 Å². The summed E-state index contributed by atoms with van der Waals surface area (Å²) in [7, 11) is 0. The lowest BCUT2D eigenvalue weighted by molar-refractivity contribution is 0.668. The smallest absolute Gasteiger partial charge is 0.135 e. The third-order valence-electron chi connectivity index (χ3n) is 16.8. The van der Waals surface area contributed by atoms with Gasteiger partial charge in [-0.3, -0.25) is 0 Å². The number of furan rings is 2. The summed E-state index contributed by atoms with van der Waals surface area (Å²) in [6.45, 7) is 0. The van der Waals surface area contributed by atoms with Gasteiger partial charge in [-0.25, -0.2) is 0 Å². The average Bonchev–Trinajstić information content (AvgIpc) is 3.14. The molecule has 0 radical (unpaired) electrons. The lowest BCUT2D eigenvalue weighted by Gasteiger charge is -2.33. The van der Waals surface area contributed by atoms with E-state index in [0.29, 0.717) is 0 Å². The summed E-state index contributed by atoms with van der Waals surface area (Å²) in [6, 6.07) is 97.9. The number of hydrogen-bond acceptors (Lipinski definition) is 4. The van der Waals surface area contributed by atoms with E-state index in [1.165, 1.54) is 76.8 Å². The van der Waals surface area contributed by atoms with Crippen LogP contribution >= 0.6 is 0 Å².